The van der Waals surface area contributed by atoms with Gasteiger partial charge >= 0.3 is 12.1 Å². The van der Waals surface area contributed by atoms with Crippen molar-refractivity contribution in [2.45, 2.75) is 38.1 Å². The summed E-state index contributed by atoms with van der Waals surface area (Å²) in [5.41, 5.74) is 3.61. The maximum atomic E-state index is 13.0. The van der Waals surface area contributed by atoms with E-state index in [-0.39, 0.29) is 24.9 Å². The third-order valence-electron chi connectivity index (χ3n) is 6.95. The van der Waals surface area contributed by atoms with E-state index >= 15 is 0 Å². The highest BCUT2D eigenvalue weighted by atomic mass is 16.5. The van der Waals surface area contributed by atoms with Crippen LogP contribution in [-0.2, 0) is 14.3 Å². The molecule has 1 fully saturated rings. The molecule has 0 spiro atoms. The number of rotatable bonds is 6. The third-order valence-corrected chi connectivity index (χ3v) is 6.95. The number of nitrogens with zero attached hydrogens (tertiary/aromatic N) is 1. The summed E-state index contributed by atoms with van der Waals surface area (Å²) in [5.74, 6) is 1.17. The quantitative estimate of drug-likeness (QED) is 0.642. The van der Waals surface area contributed by atoms with Crippen molar-refractivity contribution < 1.29 is 24.2 Å². The minimum atomic E-state index is -0.921. The van der Waals surface area contributed by atoms with E-state index in [1.807, 2.05) is 36.4 Å². The van der Waals surface area contributed by atoms with Gasteiger partial charge in [-0.25, -0.2) is 4.79 Å². The molecule has 1 unspecified atom stereocenters. The number of likely N-dealkylation sites (tertiary alicyclic amines) is 1. The fraction of sp³-hybridized carbons (Fsp3) is 0.370. The number of carboxylic acids is 1. The van der Waals surface area contributed by atoms with Gasteiger partial charge in [-0.2, -0.15) is 0 Å². The Bertz CT molecular complexity index is 1100. The highest BCUT2D eigenvalue weighted by Gasteiger charge is 2.39. The Labute approximate surface area is 199 Å². The predicted octanol–water partition coefficient (Wildman–Crippen LogP) is 3.63. The molecule has 1 aliphatic carbocycles. The zero-order valence-corrected chi connectivity index (χ0v) is 19.1. The molecule has 1 aliphatic heterocycles. The SMILES string of the molecule is C#CCC(NC(=O)OCC1c2ccccc2-c2ccccc21)C(=O)N1CCC(C)(C(=O)O)CC1. The second-order valence-electron chi connectivity index (χ2n) is 9.12. The number of aliphatic carboxylic acids is 1. The molecule has 0 aromatic heterocycles. The summed E-state index contributed by atoms with van der Waals surface area (Å²) >= 11 is 0. The van der Waals surface area contributed by atoms with Gasteiger partial charge in [0.2, 0.25) is 5.91 Å². The largest absolute Gasteiger partial charge is 0.481 e. The van der Waals surface area contributed by atoms with E-state index in [0.717, 1.165) is 22.3 Å². The smallest absolute Gasteiger partial charge is 0.407 e. The average molecular weight is 461 g/mol. The fourth-order valence-corrected chi connectivity index (χ4v) is 4.76. The first-order valence-electron chi connectivity index (χ1n) is 11.4. The van der Waals surface area contributed by atoms with Crippen LogP contribution < -0.4 is 5.32 Å². The first-order chi connectivity index (χ1) is 16.3. The maximum Gasteiger partial charge on any atom is 0.407 e. The number of hydrogen-bond acceptors (Lipinski definition) is 4. The van der Waals surface area contributed by atoms with Crippen LogP contribution in [0.1, 0.15) is 43.2 Å². The van der Waals surface area contributed by atoms with Crippen LogP contribution in [0.15, 0.2) is 48.5 Å². The molecule has 7 heteroatoms. The number of ether oxygens (including phenoxy) is 1. The minimum Gasteiger partial charge on any atom is -0.481 e. The monoisotopic (exact) mass is 460 g/mol. The number of fused-ring (bicyclic) bond motifs is 3. The fourth-order valence-electron chi connectivity index (χ4n) is 4.76. The Hall–Kier alpha value is -3.79. The Kier molecular flexibility index (Phi) is 6.60. The second-order valence-corrected chi connectivity index (χ2v) is 9.12. The number of nitrogens with one attached hydrogen (secondary N) is 1. The number of piperidine rings is 1. The van der Waals surface area contributed by atoms with E-state index in [2.05, 4.69) is 23.4 Å². The number of alkyl carbamates (subject to hydrolysis) is 1. The molecule has 4 rings (SSSR count). The van der Waals surface area contributed by atoms with Gasteiger partial charge in [0, 0.05) is 25.4 Å². The molecule has 2 N–H and O–H groups in total. The summed E-state index contributed by atoms with van der Waals surface area (Å²) in [5, 5.41) is 12.0. The Balaban J connectivity index is 1.38. The highest BCUT2D eigenvalue weighted by molar-refractivity contribution is 5.86. The van der Waals surface area contributed by atoms with Crippen molar-refractivity contribution in [2.24, 2.45) is 5.41 Å². The number of amides is 2. The van der Waals surface area contributed by atoms with E-state index in [0.29, 0.717) is 25.9 Å². The van der Waals surface area contributed by atoms with Gasteiger partial charge in [0.05, 0.1) is 5.41 Å². The number of benzene rings is 2. The molecule has 2 amide bonds. The summed E-state index contributed by atoms with van der Waals surface area (Å²) < 4.78 is 5.55. The van der Waals surface area contributed by atoms with Gasteiger partial charge in [-0.3, -0.25) is 9.59 Å². The van der Waals surface area contributed by atoms with E-state index in [4.69, 9.17) is 11.2 Å². The first kappa shape index (κ1) is 23.4. The van der Waals surface area contributed by atoms with Gasteiger partial charge in [0.25, 0.3) is 0 Å². The van der Waals surface area contributed by atoms with Gasteiger partial charge in [-0.05, 0) is 42.0 Å². The summed E-state index contributed by atoms with van der Waals surface area (Å²) in [7, 11) is 0. The Morgan fingerprint density at radius 1 is 1.12 bits per heavy atom. The van der Waals surface area contributed by atoms with Crippen molar-refractivity contribution in [3.8, 4) is 23.5 Å². The molecule has 2 aliphatic rings. The van der Waals surface area contributed by atoms with Gasteiger partial charge in [0.15, 0.2) is 0 Å². The molecule has 2 aromatic rings. The number of carbonyl (C=O) groups excluding carboxylic acids is 2. The summed E-state index contributed by atoms with van der Waals surface area (Å²) in [4.78, 5) is 38.7. The van der Waals surface area contributed by atoms with Crippen molar-refractivity contribution in [3.05, 3.63) is 59.7 Å². The van der Waals surface area contributed by atoms with Crippen LogP contribution in [0.4, 0.5) is 4.79 Å². The lowest BCUT2D eigenvalue weighted by Gasteiger charge is -2.37. The lowest BCUT2D eigenvalue weighted by molar-refractivity contribution is -0.153. The summed E-state index contributed by atoms with van der Waals surface area (Å²) in [6, 6.07) is 15.2. The van der Waals surface area contributed by atoms with Crippen LogP contribution in [0, 0.1) is 17.8 Å². The van der Waals surface area contributed by atoms with E-state index in [1.165, 1.54) is 0 Å². The van der Waals surface area contributed by atoms with E-state index < -0.39 is 23.5 Å². The van der Waals surface area contributed by atoms with Gasteiger partial charge in [-0.1, -0.05) is 48.5 Å². The molecule has 1 saturated heterocycles. The molecule has 1 atom stereocenters. The lowest BCUT2D eigenvalue weighted by Crippen LogP contribution is -2.52. The standard InChI is InChI=1S/C27H28N2O5/c1-3-8-23(24(30)29-15-13-27(2,14-16-29)25(31)32)28-26(33)34-17-22-20-11-6-4-9-18(20)19-10-5-7-12-21(19)22/h1,4-7,9-12,22-23H,8,13-17H2,2H3,(H,28,33)(H,31,32). The highest BCUT2D eigenvalue weighted by Crippen LogP contribution is 2.44. The molecular formula is C27H28N2O5. The van der Waals surface area contributed by atoms with Crippen molar-refractivity contribution in [1.29, 1.82) is 0 Å². The molecule has 7 nitrogen and oxygen atoms in total. The Morgan fingerprint density at radius 2 is 1.68 bits per heavy atom. The number of carbonyl (C=O) groups is 3. The summed E-state index contributed by atoms with van der Waals surface area (Å²) in [6.07, 6.45) is 5.46. The van der Waals surface area contributed by atoms with Crippen LogP contribution in [0.3, 0.4) is 0 Å². The van der Waals surface area contributed by atoms with Crippen molar-refractivity contribution >= 4 is 18.0 Å². The molecule has 0 radical (unpaired) electrons. The second kappa shape index (κ2) is 9.60. The molecule has 0 bridgehead atoms. The normalized spacial score (nSPS) is 17.1. The number of hydrogen-bond donors (Lipinski definition) is 2. The summed E-state index contributed by atoms with van der Waals surface area (Å²) in [6.45, 7) is 2.42. The molecule has 34 heavy (non-hydrogen) atoms. The molecule has 0 saturated carbocycles. The topological polar surface area (TPSA) is 95.9 Å². The van der Waals surface area contributed by atoms with Crippen molar-refractivity contribution in [1.82, 2.24) is 10.2 Å². The predicted molar refractivity (Wildman–Crippen MR) is 127 cm³/mol. The van der Waals surface area contributed by atoms with Gasteiger partial charge in [0.1, 0.15) is 12.6 Å². The number of terminal acetylenes is 1. The van der Waals surface area contributed by atoms with Crippen LogP contribution in [0.2, 0.25) is 0 Å². The lowest BCUT2D eigenvalue weighted by atomic mass is 9.80. The van der Waals surface area contributed by atoms with E-state index in [9.17, 15) is 19.5 Å². The average Bonchev–Trinajstić information content (AvgIpc) is 3.16. The van der Waals surface area contributed by atoms with Crippen LogP contribution in [0.5, 0.6) is 0 Å². The maximum absolute atomic E-state index is 13.0. The molecule has 2 aromatic carbocycles. The van der Waals surface area contributed by atoms with Crippen LogP contribution in [-0.4, -0.2) is 53.7 Å². The molecule has 176 valence electrons. The Morgan fingerprint density at radius 3 is 2.21 bits per heavy atom. The van der Waals surface area contributed by atoms with Crippen molar-refractivity contribution in [2.75, 3.05) is 19.7 Å². The molecule has 1 heterocycles. The van der Waals surface area contributed by atoms with E-state index in [1.54, 1.807) is 11.8 Å². The number of carboxylic acid groups (broad SMARTS) is 1. The first-order valence-corrected chi connectivity index (χ1v) is 11.4. The van der Waals surface area contributed by atoms with Gasteiger partial charge in [-0.15, -0.1) is 12.3 Å². The zero-order chi connectivity index (χ0) is 24.3. The van der Waals surface area contributed by atoms with Crippen LogP contribution in [0.25, 0.3) is 11.1 Å². The zero-order valence-electron chi connectivity index (χ0n) is 19.1. The van der Waals surface area contributed by atoms with Gasteiger partial charge < -0.3 is 20.1 Å². The van der Waals surface area contributed by atoms with Crippen molar-refractivity contribution in [3.63, 3.8) is 0 Å². The third kappa shape index (κ3) is 4.49. The minimum absolute atomic E-state index is 0.0235. The van der Waals surface area contributed by atoms with Crippen LogP contribution >= 0.6 is 0 Å². The molecular weight excluding hydrogens is 432 g/mol.